The lowest BCUT2D eigenvalue weighted by Gasteiger charge is -2.10. The molecule has 0 spiro atoms. The van der Waals surface area contributed by atoms with Crippen LogP contribution < -0.4 is 0 Å². The zero-order valence-corrected chi connectivity index (χ0v) is 12.6. The number of halogens is 2. The van der Waals surface area contributed by atoms with Crippen LogP contribution in [0.1, 0.15) is 0 Å². The number of fused-ring (bicyclic) bond motifs is 1. The first-order chi connectivity index (χ1) is 11.2. The van der Waals surface area contributed by atoms with E-state index in [0.717, 1.165) is 11.1 Å². The third kappa shape index (κ3) is 2.45. The Morgan fingerprint density at radius 2 is 1.91 bits per heavy atom. The van der Waals surface area contributed by atoms with Crippen LogP contribution in [0.4, 0.5) is 4.39 Å². The minimum atomic E-state index is -0.363. The second kappa shape index (κ2) is 5.44. The summed E-state index contributed by atoms with van der Waals surface area (Å²) in [5.41, 5.74) is 3.31. The molecule has 0 aliphatic carbocycles. The molecule has 0 N–H and O–H groups in total. The molecule has 6 heteroatoms. The maximum atomic E-state index is 14.2. The first-order valence-corrected chi connectivity index (χ1v) is 7.30. The first-order valence-electron chi connectivity index (χ1n) is 6.92. The van der Waals surface area contributed by atoms with E-state index in [0.29, 0.717) is 21.9 Å². The molecule has 0 saturated carbocycles. The molecule has 0 aliphatic heterocycles. The predicted molar refractivity (Wildman–Crippen MR) is 86.6 cm³/mol. The molecule has 112 valence electrons. The average Bonchev–Trinajstić information content (AvgIpc) is 3.05. The summed E-state index contributed by atoms with van der Waals surface area (Å²) in [6, 6.07) is 11.9. The SMILES string of the molecule is Fc1ccc(Cl)cc1-c1ncccc1-c1ccn2ncnc2c1. The molecule has 4 aromatic rings. The van der Waals surface area contributed by atoms with Crippen molar-refractivity contribution in [1.29, 1.82) is 0 Å². The summed E-state index contributed by atoms with van der Waals surface area (Å²) in [5, 5.41) is 4.54. The topological polar surface area (TPSA) is 43.1 Å². The monoisotopic (exact) mass is 324 g/mol. The van der Waals surface area contributed by atoms with Crippen LogP contribution in [0.5, 0.6) is 0 Å². The molecule has 0 saturated heterocycles. The Balaban J connectivity index is 1.94. The number of hydrogen-bond donors (Lipinski definition) is 0. The van der Waals surface area contributed by atoms with Crippen LogP contribution in [0.25, 0.3) is 28.0 Å². The van der Waals surface area contributed by atoms with Gasteiger partial charge in [-0.15, -0.1) is 0 Å². The van der Waals surface area contributed by atoms with E-state index >= 15 is 0 Å². The van der Waals surface area contributed by atoms with Crippen molar-refractivity contribution in [1.82, 2.24) is 19.6 Å². The third-order valence-corrected chi connectivity index (χ3v) is 3.82. The van der Waals surface area contributed by atoms with Crippen LogP contribution in [0.2, 0.25) is 5.02 Å². The molecular formula is C17H10ClFN4. The lowest BCUT2D eigenvalue weighted by atomic mass is 10.00. The van der Waals surface area contributed by atoms with Crippen LogP contribution in [0, 0.1) is 5.82 Å². The van der Waals surface area contributed by atoms with Crippen LogP contribution >= 0.6 is 11.6 Å². The van der Waals surface area contributed by atoms with Gasteiger partial charge in [0.25, 0.3) is 0 Å². The van der Waals surface area contributed by atoms with Crippen LogP contribution in [0.3, 0.4) is 0 Å². The molecule has 0 atom stereocenters. The highest BCUT2D eigenvalue weighted by atomic mass is 35.5. The molecule has 3 aromatic heterocycles. The van der Waals surface area contributed by atoms with Crippen molar-refractivity contribution in [2.24, 2.45) is 0 Å². The zero-order chi connectivity index (χ0) is 15.8. The van der Waals surface area contributed by atoms with E-state index in [1.165, 1.54) is 18.5 Å². The Labute approximate surface area is 136 Å². The van der Waals surface area contributed by atoms with Crippen molar-refractivity contribution in [3.63, 3.8) is 0 Å². The molecule has 0 radical (unpaired) electrons. The number of aromatic nitrogens is 4. The van der Waals surface area contributed by atoms with Crippen molar-refractivity contribution in [3.05, 3.63) is 72.0 Å². The van der Waals surface area contributed by atoms with Crippen molar-refractivity contribution in [3.8, 4) is 22.4 Å². The number of hydrogen-bond acceptors (Lipinski definition) is 3. The molecule has 23 heavy (non-hydrogen) atoms. The fraction of sp³-hybridized carbons (Fsp3) is 0. The molecule has 1 aromatic carbocycles. The predicted octanol–water partition coefficient (Wildman–Crippen LogP) is 4.25. The fourth-order valence-corrected chi connectivity index (χ4v) is 2.69. The Kier molecular flexibility index (Phi) is 3.28. The van der Waals surface area contributed by atoms with Gasteiger partial charge in [-0.3, -0.25) is 4.98 Å². The second-order valence-electron chi connectivity index (χ2n) is 5.00. The lowest BCUT2D eigenvalue weighted by molar-refractivity contribution is 0.631. The lowest BCUT2D eigenvalue weighted by Crippen LogP contribution is -1.93. The average molecular weight is 325 g/mol. The fourth-order valence-electron chi connectivity index (χ4n) is 2.51. The Morgan fingerprint density at radius 3 is 2.83 bits per heavy atom. The quantitative estimate of drug-likeness (QED) is 0.553. The van der Waals surface area contributed by atoms with Gasteiger partial charge in [-0.25, -0.2) is 13.9 Å². The second-order valence-corrected chi connectivity index (χ2v) is 5.44. The summed E-state index contributed by atoms with van der Waals surface area (Å²) in [6.07, 6.45) is 4.93. The van der Waals surface area contributed by atoms with Crippen molar-refractivity contribution in [2.75, 3.05) is 0 Å². The number of nitrogens with zero attached hydrogens (tertiary/aromatic N) is 4. The van der Waals surface area contributed by atoms with Gasteiger partial charge in [-0.1, -0.05) is 17.7 Å². The van der Waals surface area contributed by atoms with Crippen molar-refractivity contribution < 1.29 is 4.39 Å². The molecular weight excluding hydrogens is 315 g/mol. The Morgan fingerprint density at radius 1 is 1.00 bits per heavy atom. The minimum absolute atomic E-state index is 0.363. The largest absolute Gasteiger partial charge is 0.255 e. The Bertz CT molecular complexity index is 1010. The van der Waals surface area contributed by atoms with Crippen molar-refractivity contribution >= 4 is 17.2 Å². The van der Waals surface area contributed by atoms with Gasteiger partial charge in [0, 0.05) is 28.5 Å². The van der Waals surface area contributed by atoms with Gasteiger partial charge in [-0.2, -0.15) is 5.10 Å². The van der Waals surface area contributed by atoms with E-state index < -0.39 is 0 Å². The summed E-state index contributed by atoms with van der Waals surface area (Å²) in [7, 11) is 0. The van der Waals surface area contributed by atoms with Crippen LogP contribution in [0.15, 0.2) is 61.2 Å². The van der Waals surface area contributed by atoms with E-state index in [2.05, 4.69) is 15.1 Å². The molecule has 0 amide bonds. The summed E-state index contributed by atoms with van der Waals surface area (Å²) in [5.74, 6) is -0.363. The third-order valence-electron chi connectivity index (χ3n) is 3.58. The smallest absolute Gasteiger partial charge is 0.155 e. The minimum Gasteiger partial charge on any atom is -0.255 e. The normalized spacial score (nSPS) is 11.0. The summed E-state index contributed by atoms with van der Waals surface area (Å²) < 4.78 is 15.9. The van der Waals surface area contributed by atoms with Crippen LogP contribution in [-0.4, -0.2) is 19.6 Å². The molecule has 4 rings (SSSR count). The summed E-state index contributed by atoms with van der Waals surface area (Å²) >= 11 is 6.01. The highest BCUT2D eigenvalue weighted by Gasteiger charge is 2.13. The molecule has 0 unspecified atom stereocenters. The standard InChI is InChI=1S/C17H10ClFN4/c18-12-3-4-15(19)14(9-12)17-13(2-1-6-20-17)11-5-7-23-16(8-11)21-10-22-23/h1-10H. The zero-order valence-electron chi connectivity index (χ0n) is 11.8. The molecule has 3 heterocycles. The van der Waals surface area contributed by atoms with Gasteiger partial charge in [-0.05, 0) is 42.0 Å². The van der Waals surface area contributed by atoms with Gasteiger partial charge >= 0.3 is 0 Å². The van der Waals surface area contributed by atoms with E-state index in [4.69, 9.17) is 11.6 Å². The van der Waals surface area contributed by atoms with Gasteiger partial charge in [0.15, 0.2) is 5.65 Å². The highest BCUT2D eigenvalue weighted by Crippen LogP contribution is 2.33. The molecule has 4 nitrogen and oxygen atoms in total. The van der Waals surface area contributed by atoms with Gasteiger partial charge < -0.3 is 0 Å². The molecule has 0 fully saturated rings. The number of rotatable bonds is 2. The maximum absolute atomic E-state index is 14.2. The molecule has 0 bridgehead atoms. The number of pyridine rings is 2. The molecule has 0 aliphatic rings. The van der Waals surface area contributed by atoms with Crippen LogP contribution in [-0.2, 0) is 0 Å². The van der Waals surface area contributed by atoms with E-state index in [1.54, 1.807) is 16.8 Å². The Hall–Kier alpha value is -2.79. The van der Waals surface area contributed by atoms with E-state index in [-0.39, 0.29) is 5.82 Å². The maximum Gasteiger partial charge on any atom is 0.155 e. The van der Waals surface area contributed by atoms with Crippen molar-refractivity contribution in [2.45, 2.75) is 0 Å². The van der Waals surface area contributed by atoms with Gasteiger partial charge in [0.05, 0.1) is 5.69 Å². The number of benzene rings is 1. The summed E-state index contributed by atoms with van der Waals surface area (Å²) in [6.45, 7) is 0. The first kappa shape index (κ1) is 13.8. The summed E-state index contributed by atoms with van der Waals surface area (Å²) in [4.78, 5) is 8.53. The van der Waals surface area contributed by atoms with E-state index in [9.17, 15) is 4.39 Å². The van der Waals surface area contributed by atoms with Gasteiger partial charge in [0.2, 0.25) is 0 Å². The van der Waals surface area contributed by atoms with E-state index in [1.807, 2.05) is 30.5 Å². The van der Waals surface area contributed by atoms with Gasteiger partial charge in [0.1, 0.15) is 12.1 Å². The highest BCUT2D eigenvalue weighted by molar-refractivity contribution is 6.30.